The monoisotopic (exact) mass is 202 g/mol. The van der Waals surface area contributed by atoms with Crippen molar-refractivity contribution in [1.29, 1.82) is 0 Å². The molecule has 0 saturated carbocycles. The number of likely N-dealkylation sites (N-methyl/N-ethyl adjacent to an activating group) is 1. The predicted octanol–water partition coefficient (Wildman–Crippen LogP) is 0.609. The van der Waals surface area contributed by atoms with Crippen LogP contribution in [0, 0.1) is 0 Å². The molecule has 84 valence electrons. The van der Waals surface area contributed by atoms with Gasteiger partial charge in [0.15, 0.2) is 0 Å². The van der Waals surface area contributed by atoms with Gasteiger partial charge in [0.25, 0.3) is 0 Å². The van der Waals surface area contributed by atoms with Crippen molar-refractivity contribution in [2.75, 3.05) is 26.7 Å². The smallest absolute Gasteiger partial charge is 0.327 e. The van der Waals surface area contributed by atoms with Crippen LogP contribution in [0.3, 0.4) is 0 Å². The van der Waals surface area contributed by atoms with Gasteiger partial charge in [0.2, 0.25) is 0 Å². The van der Waals surface area contributed by atoms with Crippen LogP contribution in [0.25, 0.3) is 0 Å². The van der Waals surface area contributed by atoms with E-state index in [2.05, 4.69) is 6.92 Å². The van der Waals surface area contributed by atoms with Gasteiger partial charge >= 0.3 is 5.97 Å². The lowest BCUT2D eigenvalue weighted by atomic mass is 10.0. The van der Waals surface area contributed by atoms with Crippen molar-refractivity contribution in [2.45, 2.75) is 32.7 Å². The maximum Gasteiger partial charge on any atom is 0.327 e. The fourth-order valence-electron chi connectivity index (χ4n) is 1.38. The molecule has 0 radical (unpaired) electrons. The van der Waals surface area contributed by atoms with Crippen LogP contribution in [-0.4, -0.2) is 43.2 Å². The molecule has 0 aliphatic carbocycles. The fourth-order valence-corrected chi connectivity index (χ4v) is 1.38. The van der Waals surface area contributed by atoms with Crippen LogP contribution in [0.4, 0.5) is 0 Å². The van der Waals surface area contributed by atoms with Crippen molar-refractivity contribution in [3.8, 4) is 0 Å². The first-order chi connectivity index (χ1) is 6.44. The number of esters is 1. The lowest BCUT2D eigenvalue weighted by molar-refractivity contribution is -0.149. The minimum atomic E-state index is -0.903. The third-order valence-corrected chi connectivity index (χ3v) is 1.95. The molecule has 0 bridgehead atoms. The van der Waals surface area contributed by atoms with Crippen molar-refractivity contribution in [2.24, 2.45) is 5.73 Å². The van der Waals surface area contributed by atoms with E-state index < -0.39 is 5.54 Å². The number of rotatable bonds is 6. The second-order valence-electron chi connectivity index (χ2n) is 3.88. The van der Waals surface area contributed by atoms with Crippen LogP contribution >= 0.6 is 0 Å². The summed E-state index contributed by atoms with van der Waals surface area (Å²) in [6.07, 6.45) is 1.05. The van der Waals surface area contributed by atoms with E-state index in [1.54, 1.807) is 13.8 Å². The molecule has 1 unspecified atom stereocenters. The molecule has 0 fully saturated rings. The number of hydrogen-bond donors (Lipinski definition) is 1. The van der Waals surface area contributed by atoms with E-state index >= 15 is 0 Å². The molecule has 0 aromatic rings. The molecular formula is C10H22N2O2. The standard InChI is InChI=1S/C10H22N2O2/c1-5-7-12(4)8-10(3,11)9(13)14-6-2/h5-8,11H2,1-4H3. The van der Waals surface area contributed by atoms with Gasteiger partial charge in [-0.25, -0.2) is 0 Å². The molecule has 1 atom stereocenters. The van der Waals surface area contributed by atoms with Crippen molar-refractivity contribution in [3.05, 3.63) is 0 Å². The van der Waals surface area contributed by atoms with Gasteiger partial charge in [-0.1, -0.05) is 6.92 Å². The third kappa shape index (κ3) is 4.58. The van der Waals surface area contributed by atoms with E-state index in [0.29, 0.717) is 13.2 Å². The molecule has 0 aromatic heterocycles. The SMILES string of the molecule is CCCN(C)CC(C)(N)C(=O)OCC. The van der Waals surface area contributed by atoms with Crippen LogP contribution < -0.4 is 5.73 Å². The van der Waals surface area contributed by atoms with Crippen molar-refractivity contribution >= 4 is 5.97 Å². The Balaban J connectivity index is 4.10. The summed E-state index contributed by atoms with van der Waals surface area (Å²) in [4.78, 5) is 13.5. The van der Waals surface area contributed by atoms with Crippen molar-refractivity contribution in [3.63, 3.8) is 0 Å². The zero-order valence-electron chi connectivity index (χ0n) is 9.67. The average molecular weight is 202 g/mol. The Morgan fingerprint density at radius 1 is 1.50 bits per heavy atom. The lowest BCUT2D eigenvalue weighted by Crippen LogP contribution is -2.53. The van der Waals surface area contributed by atoms with Crippen LogP contribution in [0.2, 0.25) is 0 Å². The summed E-state index contributed by atoms with van der Waals surface area (Å²) in [5.74, 6) is -0.331. The van der Waals surface area contributed by atoms with E-state index in [1.165, 1.54) is 0 Å². The Morgan fingerprint density at radius 2 is 2.07 bits per heavy atom. The number of nitrogens with zero attached hydrogens (tertiary/aromatic N) is 1. The maximum absolute atomic E-state index is 11.4. The van der Waals surface area contributed by atoms with E-state index in [-0.39, 0.29) is 5.97 Å². The number of carbonyl (C=O) groups is 1. The molecule has 0 aliphatic rings. The molecule has 0 rings (SSSR count). The molecule has 0 amide bonds. The zero-order chi connectivity index (χ0) is 11.2. The van der Waals surface area contributed by atoms with Crippen LogP contribution in [-0.2, 0) is 9.53 Å². The Bertz CT molecular complexity index is 181. The number of nitrogens with two attached hydrogens (primary N) is 1. The highest BCUT2D eigenvalue weighted by molar-refractivity contribution is 5.80. The average Bonchev–Trinajstić information content (AvgIpc) is 2.03. The molecule has 0 spiro atoms. The van der Waals surface area contributed by atoms with E-state index in [0.717, 1.165) is 13.0 Å². The van der Waals surface area contributed by atoms with Gasteiger partial charge in [-0.2, -0.15) is 0 Å². The third-order valence-electron chi connectivity index (χ3n) is 1.95. The molecule has 14 heavy (non-hydrogen) atoms. The first-order valence-corrected chi connectivity index (χ1v) is 5.08. The zero-order valence-corrected chi connectivity index (χ0v) is 9.67. The topological polar surface area (TPSA) is 55.6 Å². The summed E-state index contributed by atoms with van der Waals surface area (Å²) >= 11 is 0. The van der Waals surface area contributed by atoms with E-state index in [1.807, 2.05) is 11.9 Å². The second kappa shape index (κ2) is 5.98. The Labute approximate surface area is 86.4 Å². The van der Waals surface area contributed by atoms with Gasteiger partial charge in [0.1, 0.15) is 5.54 Å². The predicted molar refractivity (Wildman–Crippen MR) is 57.0 cm³/mol. The van der Waals surface area contributed by atoms with E-state index in [4.69, 9.17) is 10.5 Å². The van der Waals surface area contributed by atoms with Crippen molar-refractivity contribution in [1.82, 2.24) is 4.90 Å². The molecule has 0 heterocycles. The number of hydrogen-bond acceptors (Lipinski definition) is 4. The highest BCUT2D eigenvalue weighted by Crippen LogP contribution is 2.05. The van der Waals surface area contributed by atoms with Gasteiger partial charge in [-0.3, -0.25) is 4.79 Å². The van der Waals surface area contributed by atoms with E-state index in [9.17, 15) is 4.79 Å². The van der Waals surface area contributed by atoms with Gasteiger partial charge in [0.05, 0.1) is 6.61 Å². The lowest BCUT2D eigenvalue weighted by Gasteiger charge is -2.27. The van der Waals surface area contributed by atoms with Gasteiger partial charge in [0, 0.05) is 6.54 Å². The van der Waals surface area contributed by atoms with Crippen molar-refractivity contribution < 1.29 is 9.53 Å². The normalized spacial score (nSPS) is 15.3. The first kappa shape index (κ1) is 13.4. The van der Waals surface area contributed by atoms with Gasteiger partial charge < -0.3 is 15.4 Å². The number of ether oxygens (including phenoxy) is 1. The summed E-state index contributed by atoms with van der Waals surface area (Å²) < 4.78 is 4.90. The van der Waals surface area contributed by atoms with Crippen LogP contribution in [0.5, 0.6) is 0 Å². The minimum absolute atomic E-state index is 0.331. The quantitative estimate of drug-likeness (QED) is 0.641. The molecule has 4 heteroatoms. The minimum Gasteiger partial charge on any atom is -0.465 e. The largest absolute Gasteiger partial charge is 0.465 e. The highest BCUT2D eigenvalue weighted by Gasteiger charge is 2.30. The first-order valence-electron chi connectivity index (χ1n) is 5.08. The molecule has 0 aromatic carbocycles. The summed E-state index contributed by atoms with van der Waals surface area (Å²) in [7, 11) is 1.95. The molecule has 0 saturated heterocycles. The summed E-state index contributed by atoms with van der Waals surface area (Å²) in [5, 5.41) is 0. The van der Waals surface area contributed by atoms with Gasteiger partial charge in [-0.05, 0) is 33.9 Å². The van der Waals surface area contributed by atoms with Crippen LogP contribution in [0.15, 0.2) is 0 Å². The Hall–Kier alpha value is -0.610. The summed E-state index contributed by atoms with van der Waals surface area (Å²) in [6.45, 7) is 7.42. The summed E-state index contributed by atoms with van der Waals surface area (Å²) in [5.41, 5.74) is 4.96. The second-order valence-corrected chi connectivity index (χ2v) is 3.88. The Kier molecular flexibility index (Phi) is 5.72. The van der Waals surface area contributed by atoms with Gasteiger partial charge in [-0.15, -0.1) is 0 Å². The maximum atomic E-state index is 11.4. The Morgan fingerprint density at radius 3 is 2.50 bits per heavy atom. The molecule has 0 aliphatic heterocycles. The molecule has 2 N–H and O–H groups in total. The number of carbonyl (C=O) groups excluding carboxylic acids is 1. The highest BCUT2D eigenvalue weighted by atomic mass is 16.5. The molecule has 4 nitrogen and oxygen atoms in total. The fraction of sp³-hybridized carbons (Fsp3) is 0.900. The summed E-state index contributed by atoms with van der Waals surface area (Å²) in [6, 6.07) is 0. The van der Waals surface area contributed by atoms with Crippen LogP contribution in [0.1, 0.15) is 27.2 Å². The molecular weight excluding hydrogens is 180 g/mol.